The molecule has 0 bridgehead atoms. The van der Waals surface area contributed by atoms with Crippen LogP contribution in [0.2, 0.25) is 0 Å². The molecule has 0 aliphatic carbocycles. The number of hydrogen-bond donors (Lipinski definition) is 8. The Morgan fingerprint density at radius 2 is 0.797 bits per heavy atom. The summed E-state index contributed by atoms with van der Waals surface area (Å²) in [6.45, 7) is 7.06. The van der Waals surface area contributed by atoms with Gasteiger partial charge in [-0.3, -0.25) is 38.4 Å². The quantitative estimate of drug-likeness (QED) is 0.0403. The Hall–Kier alpha value is -4.40. The minimum Gasteiger partial charge on any atom is -0.481 e. The Morgan fingerprint density at radius 1 is 0.391 bits per heavy atom. The van der Waals surface area contributed by atoms with E-state index in [1.807, 2.05) is 0 Å². The van der Waals surface area contributed by atoms with Gasteiger partial charge in [-0.2, -0.15) is 0 Å². The molecule has 0 aromatic carbocycles. The van der Waals surface area contributed by atoms with Crippen LogP contribution >= 0.6 is 0 Å². The molecule has 0 radical (unpaired) electrons. The number of carboxylic acids is 1. The van der Waals surface area contributed by atoms with Gasteiger partial charge >= 0.3 is 5.97 Å². The summed E-state index contributed by atoms with van der Waals surface area (Å²) in [5.74, 6) is -2.39. The normalized spacial score (nSPS) is 11.9. The molecular weight excluding hydrogens is 895 g/mol. The summed E-state index contributed by atoms with van der Waals surface area (Å²) >= 11 is 0. The van der Waals surface area contributed by atoms with Gasteiger partial charge in [-0.1, -0.05) is 90.9 Å². The molecular formula is C49H91N7O13. The van der Waals surface area contributed by atoms with Crippen LogP contribution in [0.25, 0.3) is 0 Å². The number of ether oxygens (including phenoxy) is 4. The van der Waals surface area contributed by atoms with Crippen molar-refractivity contribution < 1.29 is 62.4 Å². The summed E-state index contributed by atoms with van der Waals surface area (Å²) in [5, 5.41) is 25.2. The highest BCUT2D eigenvalue weighted by Gasteiger charge is 2.20. The lowest BCUT2D eigenvalue weighted by Gasteiger charge is -2.18. The predicted octanol–water partition coefficient (Wildman–Crippen LogP) is 3.85. The summed E-state index contributed by atoms with van der Waals surface area (Å²) in [7, 11) is 0. The number of carboxylic acid groups (broad SMARTS) is 1. The largest absolute Gasteiger partial charge is 0.481 e. The van der Waals surface area contributed by atoms with Gasteiger partial charge in [0.05, 0.1) is 52.9 Å². The first-order chi connectivity index (χ1) is 33.4. The topological polar surface area (TPSA) is 292 Å². The van der Waals surface area contributed by atoms with Crippen LogP contribution in [0.15, 0.2) is 0 Å². The predicted molar refractivity (Wildman–Crippen MR) is 263 cm³/mol. The molecule has 0 aromatic heterocycles. The monoisotopic (exact) mass is 986 g/mol. The van der Waals surface area contributed by atoms with E-state index in [9.17, 15) is 38.4 Å². The van der Waals surface area contributed by atoms with E-state index in [2.05, 4.69) is 31.9 Å². The number of carbonyl (C=O) groups is 8. The molecule has 0 aliphatic rings. The number of nitrogens with two attached hydrogens (primary N) is 1. The highest BCUT2D eigenvalue weighted by atomic mass is 16.5. The molecule has 2 unspecified atom stereocenters. The Morgan fingerprint density at radius 3 is 1.29 bits per heavy atom. The zero-order valence-electron chi connectivity index (χ0n) is 42.2. The number of carbonyl (C=O) groups excluding carboxylic acids is 7. The number of amides is 7. The Bertz CT molecular complexity index is 1390. The van der Waals surface area contributed by atoms with E-state index < -0.39 is 24.0 Å². The van der Waals surface area contributed by atoms with Crippen LogP contribution in [0.4, 0.5) is 0 Å². The number of primary amides is 1. The SMILES string of the molecule is CCC(=O)NCCCC(NC(=O)CC)C(=O)NCCOCCOCCC(=O)NCCOCCOCCC(=O)NCCCCC(NC(=O)CCCCCCCCCCCCCCCCC(=O)O)C(N)=O. The van der Waals surface area contributed by atoms with Crippen molar-refractivity contribution >= 4 is 47.3 Å². The van der Waals surface area contributed by atoms with Crippen molar-refractivity contribution in [2.45, 2.75) is 186 Å². The zero-order chi connectivity index (χ0) is 51.0. The number of hydrogen-bond acceptors (Lipinski definition) is 12. The fraction of sp³-hybridized carbons (Fsp3) is 0.837. The Labute approximate surface area is 411 Å². The van der Waals surface area contributed by atoms with Gasteiger partial charge < -0.3 is 61.7 Å². The third kappa shape index (κ3) is 44.6. The molecule has 0 spiro atoms. The van der Waals surface area contributed by atoms with Crippen LogP contribution in [-0.4, -0.2) is 144 Å². The molecule has 0 rings (SSSR count). The molecule has 9 N–H and O–H groups in total. The second-order valence-electron chi connectivity index (χ2n) is 17.1. The van der Waals surface area contributed by atoms with Crippen LogP contribution in [0.5, 0.6) is 0 Å². The van der Waals surface area contributed by atoms with Crippen LogP contribution in [0.1, 0.15) is 174 Å². The van der Waals surface area contributed by atoms with Crippen molar-refractivity contribution in [3.05, 3.63) is 0 Å². The van der Waals surface area contributed by atoms with Gasteiger partial charge in [-0.15, -0.1) is 0 Å². The molecule has 7 amide bonds. The molecule has 400 valence electrons. The van der Waals surface area contributed by atoms with Crippen molar-refractivity contribution in [3.63, 3.8) is 0 Å². The highest BCUT2D eigenvalue weighted by molar-refractivity contribution is 5.87. The van der Waals surface area contributed by atoms with Crippen molar-refractivity contribution in [2.24, 2.45) is 5.73 Å². The van der Waals surface area contributed by atoms with E-state index in [1.54, 1.807) is 13.8 Å². The molecule has 0 heterocycles. The van der Waals surface area contributed by atoms with Crippen LogP contribution in [0.3, 0.4) is 0 Å². The average Bonchev–Trinajstić information content (AvgIpc) is 3.32. The summed E-state index contributed by atoms with van der Waals surface area (Å²) in [5.41, 5.74) is 5.53. The van der Waals surface area contributed by atoms with E-state index in [0.29, 0.717) is 84.4 Å². The molecule has 0 saturated heterocycles. The van der Waals surface area contributed by atoms with Crippen LogP contribution in [-0.2, 0) is 57.3 Å². The third-order valence-electron chi connectivity index (χ3n) is 11.1. The molecule has 20 nitrogen and oxygen atoms in total. The van der Waals surface area contributed by atoms with Gasteiger partial charge in [0, 0.05) is 64.7 Å². The van der Waals surface area contributed by atoms with Crippen LogP contribution in [0, 0.1) is 0 Å². The molecule has 69 heavy (non-hydrogen) atoms. The zero-order valence-corrected chi connectivity index (χ0v) is 42.2. The maximum Gasteiger partial charge on any atom is 0.303 e. The van der Waals surface area contributed by atoms with E-state index in [4.69, 9.17) is 29.8 Å². The Balaban J connectivity index is 3.71. The minimum absolute atomic E-state index is 0.0675. The number of aliphatic carboxylic acids is 1. The summed E-state index contributed by atoms with van der Waals surface area (Å²) < 4.78 is 21.8. The molecule has 0 fully saturated rings. The van der Waals surface area contributed by atoms with Gasteiger partial charge in [0.25, 0.3) is 0 Å². The molecule has 0 aromatic rings. The lowest BCUT2D eigenvalue weighted by molar-refractivity contribution is -0.137. The molecule has 0 saturated carbocycles. The first kappa shape index (κ1) is 64.6. The lowest BCUT2D eigenvalue weighted by atomic mass is 10.0. The van der Waals surface area contributed by atoms with Gasteiger partial charge in [-0.25, -0.2) is 0 Å². The number of rotatable bonds is 50. The highest BCUT2D eigenvalue weighted by Crippen LogP contribution is 2.14. The number of nitrogens with one attached hydrogen (secondary N) is 6. The Kier molecular flexibility index (Phi) is 44.3. The van der Waals surface area contributed by atoms with Gasteiger partial charge in [0.15, 0.2) is 0 Å². The second kappa shape index (κ2) is 47.3. The van der Waals surface area contributed by atoms with E-state index >= 15 is 0 Å². The van der Waals surface area contributed by atoms with Crippen molar-refractivity contribution in [3.8, 4) is 0 Å². The van der Waals surface area contributed by atoms with Crippen molar-refractivity contribution in [1.29, 1.82) is 0 Å². The maximum absolute atomic E-state index is 12.6. The van der Waals surface area contributed by atoms with Crippen molar-refractivity contribution in [2.75, 3.05) is 79.0 Å². The first-order valence-corrected chi connectivity index (χ1v) is 25.9. The minimum atomic E-state index is -0.731. The fourth-order valence-electron chi connectivity index (χ4n) is 6.94. The van der Waals surface area contributed by atoms with E-state index in [1.165, 1.54) is 44.9 Å². The van der Waals surface area contributed by atoms with E-state index in [-0.39, 0.29) is 101 Å². The smallest absolute Gasteiger partial charge is 0.303 e. The summed E-state index contributed by atoms with van der Waals surface area (Å²) in [6, 6.07) is -1.43. The fourth-order valence-corrected chi connectivity index (χ4v) is 6.94. The average molecular weight is 986 g/mol. The van der Waals surface area contributed by atoms with Gasteiger partial charge in [-0.05, 0) is 44.9 Å². The molecule has 2 atom stereocenters. The number of unbranched alkanes of at least 4 members (excludes halogenated alkanes) is 14. The maximum atomic E-state index is 12.6. The molecule has 20 heteroatoms. The van der Waals surface area contributed by atoms with Crippen LogP contribution < -0.4 is 37.6 Å². The third-order valence-corrected chi connectivity index (χ3v) is 11.1. The van der Waals surface area contributed by atoms with Gasteiger partial charge in [0.1, 0.15) is 12.1 Å². The summed E-state index contributed by atoms with van der Waals surface area (Å²) in [4.78, 5) is 94.9. The summed E-state index contributed by atoms with van der Waals surface area (Å²) in [6.07, 6.45) is 19.7. The lowest BCUT2D eigenvalue weighted by Crippen LogP contribution is -2.47. The second-order valence-corrected chi connectivity index (χ2v) is 17.1. The molecule has 0 aliphatic heterocycles. The van der Waals surface area contributed by atoms with E-state index in [0.717, 1.165) is 44.9 Å². The standard InChI is InChI=1S/C49H91N7O13/c1-3-42(57)51-29-21-23-41(56-43(58)4-2)49(65)54-31-35-69-39-37-67-33-27-45(60)53-30-34-68-38-36-66-32-26-44(59)52-28-20-19-22-40(48(50)64)55-46(61)24-17-15-13-11-9-7-5-6-8-10-12-14-16-18-25-47(62)63/h40-41H,3-39H2,1-2H3,(H2,50,64)(H,51,57)(H,52,59)(H,53,60)(H,54,65)(H,55,61)(H,56,58)(H,62,63). The van der Waals surface area contributed by atoms with Gasteiger partial charge in [0.2, 0.25) is 41.4 Å². The first-order valence-electron chi connectivity index (χ1n) is 25.9. The van der Waals surface area contributed by atoms with Crippen molar-refractivity contribution in [1.82, 2.24) is 31.9 Å².